The summed E-state index contributed by atoms with van der Waals surface area (Å²) in [7, 11) is 1.72. The maximum Gasteiger partial charge on any atom is 0.0960 e. The van der Waals surface area contributed by atoms with Gasteiger partial charge in [-0.3, -0.25) is 0 Å². The Hall–Kier alpha value is -0.410. The van der Waals surface area contributed by atoms with E-state index in [0.717, 1.165) is 17.5 Å². The summed E-state index contributed by atoms with van der Waals surface area (Å²) in [6.45, 7) is 2.99. The van der Waals surface area contributed by atoms with E-state index in [1.807, 2.05) is 0 Å². The first-order chi connectivity index (χ1) is 6.79. The van der Waals surface area contributed by atoms with Crippen molar-refractivity contribution in [2.75, 3.05) is 7.11 Å². The normalized spacial score (nSPS) is 27.0. The molecule has 0 saturated heterocycles. The molecule has 1 aromatic heterocycles. The lowest BCUT2D eigenvalue weighted by Crippen LogP contribution is -1.94. The Kier molecular flexibility index (Phi) is 3.19. The Labute approximate surface area is 89.3 Å². The first kappa shape index (κ1) is 10.1. The van der Waals surface area contributed by atoms with Gasteiger partial charge in [0.05, 0.1) is 17.3 Å². The van der Waals surface area contributed by atoms with Crippen LogP contribution in [0.5, 0.6) is 0 Å². The summed E-state index contributed by atoms with van der Waals surface area (Å²) in [4.78, 5) is 4.61. The van der Waals surface area contributed by atoms with E-state index in [4.69, 9.17) is 4.74 Å². The highest BCUT2D eigenvalue weighted by atomic mass is 32.1. The number of hydrogen-bond acceptors (Lipinski definition) is 3. The van der Waals surface area contributed by atoms with Crippen LogP contribution < -0.4 is 0 Å². The number of thiazole rings is 1. The molecule has 14 heavy (non-hydrogen) atoms. The van der Waals surface area contributed by atoms with Gasteiger partial charge in [0, 0.05) is 18.4 Å². The third kappa shape index (κ3) is 2.15. The van der Waals surface area contributed by atoms with Crippen LogP contribution in [0, 0.1) is 5.92 Å². The maximum atomic E-state index is 5.07. The van der Waals surface area contributed by atoms with Gasteiger partial charge in [-0.25, -0.2) is 4.98 Å². The average Bonchev–Trinajstić information content (AvgIpc) is 2.74. The molecule has 0 spiro atoms. The highest BCUT2D eigenvalue weighted by Crippen LogP contribution is 2.38. The topological polar surface area (TPSA) is 22.1 Å². The summed E-state index contributed by atoms with van der Waals surface area (Å²) in [5.41, 5.74) is 1.09. The molecular weight excluding hydrogens is 194 g/mol. The molecule has 78 valence electrons. The fourth-order valence-electron chi connectivity index (χ4n) is 2.16. The van der Waals surface area contributed by atoms with E-state index < -0.39 is 0 Å². The molecular formula is C11H17NOS. The quantitative estimate of drug-likeness (QED) is 0.766. The van der Waals surface area contributed by atoms with Gasteiger partial charge in [0.1, 0.15) is 0 Å². The number of ether oxygens (including phenoxy) is 1. The Balaban J connectivity index is 2.02. The number of rotatable bonds is 3. The van der Waals surface area contributed by atoms with Crippen LogP contribution >= 0.6 is 11.3 Å². The second kappa shape index (κ2) is 4.41. The Morgan fingerprint density at radius 1 is 1.57 bits per heavy atom. The molecule has 1 aromatic rings. The van der Waals surface area contributed by atoms with Crippen LogP contribution in [0.15, 0.2) is 5.38 Å². The zero-order chi connectivity index (χ0) is 9.97. The van der Waals surface area contributed by atoms with Crippen molar-refractivity contribution in [3.63, 3.8) is 0 Å². The van der Waals surface area contributed by atoms with Gasteiger partial charge in [0.25, 0.3) is 0 Å². The predicted molar refractivity (Wildman–Crippen MR) is 58.6 cm³/mol. The number of methoxy groups -OCH3 is 1. The first-order valence-electron chi connectivity index (χ1n) is 5.23. The third-order valence-electron chi connectivity index (χ3n) is 2.91. The van der Waals surface area contributed by atoms with E-state index >= 15 is 0 Å². The van der Waals surface area contributed by atoms with Crippen molar-refractivity contribution in [3.8, 4) is 0 Å². The monoisotopic (exact) mass is 211 g/mol. The molecule has 2 nitrogen and oxygen atoms in total. The second-order valence-electron chi connectivity index (χ2n) is 4.23. The zero-order valence-corrected chi connectivity index (χ0v) is 9.64. The fourth-order valence-corrected chi connectivity index (χ4v) is 3.11. The molecule has 0 aromatic carbocycles. The molecule has 2 atom stereocenters. The summed E-state index contributed by atoms with van der Waals surface area (Å²) >= 11 is 1.80. The van der Waals surface area contributed by atoms with Crippen molar-refractivity contribution in [2.24, 2.45) is 5.92 Å². The van der Waals surface area contributed by atoms with Crippen LogP contribution in [0.3, 0.4) is 0 Å². The lowest BCUT2D eigenvalue weighted by atomic mass is 10.1. The fraction of sp³-hybridized carbons (Fsp3) is 0.727. The standard InChI is InChI=1S/C11H17NOS/c1-8-3-4-9(5-8)11-12-10(6-13-2)7-14-11/h7-9H,3-6H2,1-2H3. The third-order valence-corrected chi connectivity index (χ3v) is 3.96. The minimum Gasteiger partial charge on any atom is -0.378 e. The number of hydrogen-bond donors (Lipinski definition) is 0. The molecule has 0 radical (unpaired) electrons. The minimum absolute atomic E-state index is 0.652. The van der Waals surface area contributed by atoms with Crippen molar-refractivity contribution in [2.45, 2.75) is 38.7 Å². The molecule has 2 rings (SSSR count). The van der Waals surface area contributed by atoms with Gasteiger partial charge in [-0.15, -0.1) is 11.3 Å². The molecule has 1 fully saturated rings. The van der Waals surface area contributed by atoms with Crippen LogP contribution in [0.4, 0.5) is 0 Å². The van der Waals surface area contributed by atoms with Crippen molar-refractivity contribution >= 4 is 11.3 Å². The molecule has 0 amide bonds. The van der Waals surface area contributed by atoms with E-state index in [9.17, 15) is 0 Å². The van der Waals surface area contributed by atoms with Crippen LogP contribution in [0.25, 0.3) is 0 Å². The van der Waals surface area contributed by atoms with Crippen LogP contribution in [-0.2, 0) is 11.3 Å². The zero-order valence-electron chi connectivity index (χ0n) is 8.82. The molecule has 1 saturated carbocycles. The van der Waals surface area contributed by atoms with Gasteiger partial charge in [0.15, 0.2) is 0 Å². The Morgan fingerprint density at radius 3 is 3.07 bits per heavy atom. The van der Waals surface area contributed by atoms with Gasteiger partial charge in [-0.05, 0) is 18.8 Å². The number of nitrogens with zero attached hydrogens (tertiary/aromatic N) is 1. The molecule has 2 unspecified atom stereocenters. The second-order valence-corrected chi connectivity index (χ2v) is 5.11. The SMILES string of the molecule is COCc1csc(C2CCC(C)C2)n1. The van der Waals surface area contributed by atoms with Gasteiger partial charge >= 0.3 is 0 Å². The molecule has 0 aliphatic heterocycles. The summed E-state index contributed by atoms with van der Waals surface area (Å²) in [6.07, 6.45) is 4.00. The molecule has 1 aliphatic carbocycles. The van der Waals surface area contributed by atoms with E-state index in [2.05, 4.69) is 17.3 Å². The summed E-state index contributed by atoms with van der Waals surface area (Å²) in [5, 5.41) is 3.45. The van der Waals surface area contributed by atoms with E-state index in [0.29, 0.717) is 6.61 Å². The van der Waals surface area contributed by atoms with E-state index in [1.165, 1.54) is 24.3 Å². The predicted octanol–water partition coefficient (Wildman–Crippen LogP) is 3.19. The smallest absolute Gasteiger partial charge is 0.0960 e. The summed E-state index contributed by atoms with van der Waals surface area (Å²) < 4.78 is 5.07. The largest absolute Gasteiger partial charge is 0.378 e. The highest BCUT2D eigenvalue weighted by Gasteiger charge is 2.24. The van der Waals surface area contributed by atoms with Crippen molar-refractivity contribution < 1.29 is 4.74 Å². The van der Waals surface area contributed by atoms with E-state index in [-0.39, 0.29) is 0 Å². The van der Waals surface area contributed by atoms with Crippen molar-refractivity contribution in [1.29, 1.82) is 0 Å². The van der Waals surface area contributed by atoms with Gasteiger partial charge < -0.3 is 4.74 Å². The lowest BCUT2D eigenvalue weighted by molar-refractivity contribution is 0.182. The van der Waals surface area contributed by atoms with Gasteiger partial charge in [0.2, 0.25) is 0 Å². The average molecular weight is 211 g/mol. The van der Waals surface area contributed by atoms with Gasteiger partial charge in [-0.2, -0.15) is 0 Å². The van der Waals surface area contributed by atoms with Gasteiger partial charge in [-0.1, -0.05) is 13.3 Å². The molecule has 1 heterocycles. The van der Waals surface area contributed by atoms with Crippen molar-refractivity contribution in [3.05, 3.63) is 16.1 Å². The first-order valence-corrected chi connectivity index (χ1v) is 6.10. The number of aromatic nitrogens is 1. The van der Waals surface area contributed by atoms with Crippen LogP contribution in [0.1, 0.15) is 42.8 Å². The lowest BCUT2D eigenvalue weighted by Gasteiger charge is -2.04. The van der Waals surface area contributed by atoms with E-state index in [1.54, 1.807) is 18.4 Å². The Morgan fingerprint density at radius 2 is 2.43 bits per heavy atom. The molecule has 0 bridgehead atoms. The summed E-state index contributed by atoms with van der Waals surface area (Å²) in [6, 6.07) is 0. The minimum atomic E-state index is 0.652. The molecule has 0 N–H and O–H groups in total. The Bertz CT molecular complexity index is 297. The highest BCUT2D eigenvalue weighted by molar-refractivity contribution is 7.09. The molecule has 1 aliphatic rings. The van der Waals surface area contributed by atoms with Crippen LogP contribution in [-0.4, -0.2) is 12.1 Å². The summed E-state index contributed by atoms with van der Waals surface area (Å²) in [5.74, 6) is 1.61. The maximum absolute atomic E-state index is 5.07. The van der Waals surface area contributed by atoms with Crippen molar-refractivity contribution in [1.82, 2.24) is 4.98 Å². The molecule has 3 heteroatoms. The van der Waals surface area contributed by atoms with Crippen LogP contribution in [0.2, 0.25) is 0 Å².